The molecule has 0 amide bonds. The minimum Gasteiger partial charge on any atom is -0.456 e. The molecular weight excluding hydrogens is 308 g/mol. The fourth-order valence-electron chi connectivity index (χ4n) is 2.43. The van der Waals surface area contributed by atoms with Crippen LogP contribution in [0.4, 0.5) is 0 Å². The van der Waals surface area contributed by atoms with Crippen molar-refractivity contribution in [1.29, 1.82) is 0 Å². The molecule has 1 saturated heterocycles. The van der Waals surface area contributed by atoms with Gasteiger partial charge >= 0.3 is 5.97 Å². The largest absolute Gasteiger partial charge is 0.456 e. The number of esters is 1. The molecule has 0 saturated carbocycles. The molecule has 0 aromatic heterocycles. The van der Waals surface area contributed by atoms with Crippen LogP contribution in [0.25, 0.3) is 0 Å². The maximum absolute atomic E-state index is 12.4. The van der Waals surface area contributed by atoms with Crippen LogP contribution in [-0.4, -0.2) is 11.8 Å². The van der Waals surface area contributed by atoms with E-state index >= 15 is 0 Å². The zero-order valence-electron chi connectivity index (χ0n) is 11.3. The van der Waals surface area contributed by atoms with Crippen molar-refractivity contribution in [2.75, 3.05) is 0 Å². The van der Waals surface area contributed by atoms with Crippen molar-refractivity contribution >= 4 is 27.7 Å². The number of cyclic esters (lactones) is 1. The van der Waals surface area contributed by atoms with Gasteiger partial charge in [0.1, 0.15) is 11.5 Å². The van der Waals surface area contributed by atoms with Crippen LogP contribution in [-0.2, 0) is 14.3 Å². The molecule has 2 atom stereocenters. The third-order valence-electron chi connectivity index (χ3n) is 3.68. The van der Waals surface area contributed by atoms with Crippen molar-refractivity contribution in [2.24, 2.45) is 11.3 Å². The van der Waals surface area contributed by atoms with E-state index in [1.165, 1.54) is 0 Å². The second-order valence-corrected chi connectivity index (χ2v) is 6.30. The van der Waals surface area contributed by atoms with E-state index in [9.17, 15) is 9.59 Å². The number of ketones is 1. The van der Waals surface area contributed by atoms with Crippen molar-refractivity contribution in [3.63, 3.8) is 0 Å². The Morgan fingerprint density at radius 3 is 2.58 bits per heavy atom. The molecule has 0 unspecified atom stereocenters. The topological polar surface area (TPSA) is 43.4 Å². The summed E-state index contributed by atoms with van der Waals surface area (Å²) in [6, 6.07) is 7.56. The number of rotatable bonds is 2. The number of Topliss-reactive ketones (excluding diaryl/α,β-unsaturated/α-hetero) is 1. The highest BCUT2D eigenvalue weighted by Crippen LogP contribution is 2.41. The molecule has 3 nitrogen and oxygen atoms in total. The van der Waals surface area contributed by atoms with Crippen molar-refractivity contribution in [3.8, 4) is 0 Å². The normalized spacial score (nSPS) is 26.1. The van der Waals surface area contributed by atoms with Crippen LogP contribution in [0.15, 0.2) is 28.7 Å². The third-order valence-corrected chi connectivity index (χ3v) is 4.17. The average molecular weight is 325 g/mol. The Kier molecular flexibility index (Phi) is 3.81. The Bertz CT molecular complexity index is 522. The van der Waals surface area contributed by atoms with E-state index < -0.39 is 17.5 Å². The lowest BCUT2D eigenvalue weighted by Crippen LogP contribution is -2.47. The maximum Gasteiger partial charge on any atom is 0.319 e. The number of hydrogen-bond donors (Lipinski definition) is 0. The van der Waals surface area contributed by atoms with Gasteiger partial charge in [-0.15, -0.1) is 0 Å². The monoisotopic (exact) mass is 324 g/mol. The molecule has 0 spiro atoms. The quantitative estimate of drug-likeness (QED) is 0.615. The maximum atomic E-state index is 12.4. The number of ether oxygens (including phenoxy) is 1. The lowest BCUT2D eigenvalue weighted by Gasteiger charge is -2.37. The summed E-state index contributed by atoms with van der Waals surface area (Å²) in [6.45, 7) is 5.22. The Balaban J connectivity index is 2.41. The minimum atomic E-state index is -1.04. The van der Waals surface area contributed by atoms with Gasteiger partial charge in [-0.25, -0.2) is 0 Å². The lowest BCUT2D eigenvalue weighted by molar-refractivity contribution is -0.179. The summed E-state index contributed by atoms with van der Waals surface area (Å²) in [5.41, 5.74) is -0.179. The smallest absolute Gasteiger partial charge is 0.319 e. The van der Waals surface area contributed by atoms with Crippen LogP contribution < -0.4 is 0 Å². The molecule has 4 heteroatoms. The summed E-state index contributed by atoms with van der Waals surface area (Å²) < 4.78 is 6.45. The molecule has 1 aromatic carbocycles. The fraction of sp³-hybridized carbons (Fsp3) is 0.467. The van der Waals surface area contributed by atoms with E-state index in [0.717, 1.165) is 10.0 Å². The minimum absolute atomic E-state index is 0.0313. The van der Waals surface area contributed by atoms with Crippen molar-refractivity contribution in [2.45, 2.75) is 33.3 Å². The van der Waals surface area contributed by atoms with Gasteiger partial charge in [-0.1, -0.05) is 35.0 Å². The molecule has 1 fully saturated rings. The van der Waals surface area contributed by atoms with Gasteiger partial charge in [-0.2, -0.15) is 0 Å². The van der Waals surface area contributed by atoms with Crippen LogP contribution in [0.3, 0.4) is 0 Å². The zero-order valence-corrected chi connectivity index (χ0v) is 12.9. The first-order valence-corrected chi connectivity index (χ1v) is 7.18. The van der Waals surface area contributed by atoms with E-state index in [-0.39, 0.29) is 11.7 Å². The van der Waals surface area contributed by atoms with Crippen LogP contribution in [0.1, 0.15) is 38.9 Å². The third kappa shape index (κ3) is 2.46. The molecule has 1 aromatic rings. The van der Waals surface area contributed by atoms with Gasteiger partial charge in [-0.3, -0.25) is 9.59 Å². The van der Waals surface area contributed by atoms with E-state index in [1.54, 1.807) is 13.8 Å². The number of hydrogen-bond acceptors (Lipinski definition) is 3. The van der Waals surface area contributed by atoms with Gasteiger partial charge in [-0.05, 0) is 38.0 Å². The highest BCUT2D eigenvalue weighted by atomic mass is 79.9. The fourth-order valence-corrected chi connectivity index (χ4v) is 2.85. The Morgan fingerprint density at radius 2 is 2.00 bits per heavy atom. The Morgan fingerprint density at radius 1 is 1.32 bits per heavy atom. The lowest BCUT2D eigenvalue weighted by atomic mass is 9.74. The molecule has 1 aliphatic rings. The van der Waals surface area contributed by atoms with Crippen LogP contribution >= 0.6 is 15.9 Å². The van der Waals surface area contributed by atoms with Crippen molar-refractivity contribution in [1.82, 2.24) is 0 Å². The van der Waals surface area contributed by atoms with Gasteiger partial charge in [0.25, 0.3) is 0 Å². The summed E-state index contributed by atoms with van der Waals surface area (Å²) in [7, 11) is 0. The number of carbonyl (C=O) groups is 2. The predicted molar refractivity (Wildman–Crippen MR) is 75.5 cm³/mol. The van der Waals surface area contributed by atoms with E-state index in [4.69, 9.17) is 4.74 Å². The highest BCUT2D eigenvalue weighted by molar-refractivity contribution is 9.10. The molecule has 2 rings (SSSR count). The molecule has 0 aliphatic carbocycles. The predicted octanol–water partition coefficient (Wildman–Crippen LogP) is 3.67. The number of benzene rings is 1. The summed E-state index contributed by atoms with van der Waals surface area (Å²) in [6.07, 6.45) is 0.183. The van der Waals surface area contributed by atoms with E-state index in [1.807, 2.05) is 31.2 Å². The van der Waals surface area contributed by atoms with E-state index in [2.05, 4.69) is 15.9 Å². The summed E-state index contributed by atoms with van der Waals surface area (Å²) >= 11 is 3.40. The van der Waals surface area contributed by atoms with E-state index in [0.29, 0.717) is 6.42 Å². The van der Waals surface area contributed by atoms with Gasteiger partial charge < -0.3 is 4.74 Å². The Labute approximate surface area is 121 Å². The highest BCUT2D eigenvalue weighted by Gasteiger charge is 2.50. The standard InChI is InChI=1S/C15H17BrO3/c1-4-11-12(9-6-5-7-10(16)8-9)19-14(18)15(2,3)13(11)17/h5-8,11-12H,4H2,1-3H3/t11-,12-/m0/s1. The molecule has 0 N–H and O–H groups in total. The summed E-state index contributed by atoms with van der Waals surface area (Å²) in [5, 5.41) is 0. The van der Waals surface area contributed by atoms with Crippen LogP contribution in [0, 0.1) is 11.3 Å². The molecule has 19 heavy (non-hydrogen) atoms. The molecule has 1 heterocycles. The first kappa shape index (κ1) is 14.3. The summed E-state index contributed by atoms with van der Waals surface area (Å²) in [4.78, 5) is 24.4. The first-order valence-electron chi connectivity index (χ1n) is 6.38. The van der Waals surface area contributed by atoms with Crippen LogP contribution in [0.2, 0.25) is 0 Å². The number of carbonyl (C=O) groups excluding carboxylic acids is 2. The van der Waals surface area contributed by atoms with Gasteiger partial charge in [0.15, 0.2) is 5.78 Å². The Hall–Kier alpha value is -1.16. The molecule has 0 radical (unpaired) electrons. The SMILES string of the molecule is CC[C@@H]1C(=O)C(C)(C)C(=O)O[C@H]1c1cccc(Br)c1. The molecular formula is C15H17BrO3. The average Bonchev–Trinajstić information content (AvgIpc) is 2.36. The van der Waals surface area contributed by atoms with Gasteiger partial charge in [0, 0.05) is 4.47 Å². The second kappa shape index (κ2) is 5.08. The molecule has 102 valence electrons. The molecule has 1 aliphatic heterocycles. The molecule has 0 bridgehead atoms. The van der Waals surface area contributed by atoms with Crippen LogP contribution in [0.5, 0.6) is 0 Å². The number of halogens is 1. The summed E-state index contributed by atoms with van der Waals surface area (Å²) in [5.74, 6) is -0.745. The van der Waals surface area contributed by atoms with Crippen molar-refractivity contribution < 1.29 is 14.3 Å². The van der Waals surface area contributed by atoms with Gasteiger partial charge in [0.2, 0.25) is 0 Å². The second-order valence-electron chi connectivity index (χ2n) is 5.38. The van der Waals surface area contributed by atoms with Gasteiger partial charge in [0.05, 0.1) is 5.92 Å². The van der Waals surface area contributed by atoms with Crippen molar-refractivity contribution in [3.05, 3.63) is 34.3 Å². The zero-order chi connectivity index (χ0) is 14.2. The first-order chi connectivity index (χ1) is 8.87.